The van der Waals surface area contributed by atoms with E-state index in [1.54, 1.807) is 32.9 Å². The summed E-state index contributed by atoms with van der Waals surface area (Å²) >= 11 is 2.00. The summed E-state index contributed by atoms with van der Waals surface area (Å²) in [5.41, 5.74) is -0.468. The molecule has 2 N–H and O–H groups in total. The molecule has 0 saturated heterocycles. The van der Waals surface area contributed by atoms with Crippen LogP contribution in [0.15, 0.2) is 22.6 Å². The minimum absolute atomic E-state index is 0.468. The number of nitrogens with one attached hydrogen (secondary N) is 2. The average molecular weight is 420 g/mol. The first-order chi connectivity index (χ1) is 10.2. The van der Waals surface area contributed by atoms with Crippen molar-refractivity contribution in [2.75, 3.05) is 6.61 Å². The van der Waals surface area contributed by atoms with E-state index >= 15 is 0 Å². The third-order valence-electron chi connectivity index (χ3n) is 2.06. The van der Waals surface area contributed by atoms with E-state index in [1.807, 2.05) is 22.6 Å². The molecule has 0 radical (unpaired) electrons. The molecule has 7 nitrogen and oxygen atoms in total. The summed E-state index contributed by atoms with van der Waals surface area (Å²) in [7, 11) is 0. The van der Waals surface area contributed by atoms with Crippen LogP contribution in [0.5, 0.6) is 0 Å². The molecule has 0 aliphatic rings. The van der Waals surface area contributed by atoms with E-state index in [2.05, 4.69) is 10.6 Å². The molecule has 3 amide bonds. The molecular weight excluding hydrogens is 403 g/mol. The fourth-order valence-corrected chi connectivity index (χ4v) is 1.72. The highest BCUT2D eigenvalue weighted by Gasteiger charge is 2.16. The van der Waals surface area contributed by atoms with Crippen molar-refractivity contribution in [3.63, 3.8) is 0 Å². The Kier molecular flexibility index (Phi) is 6.60. The number of amides is 3. The highest BCUT2D eigenvalue weighted by Crippen LogP contribution is 2.11. The summed E-state index contributed by atoms with van der Waals surface area (Å²) in [5.74, 6) is -0.927. The fourth-order valence-electron chi connectivity index (χ4n) is 1.29. The number of urea groups is 1. The summed E-state index contributed by atoms with van der Waals surface area (Å²) in [4.78, 5) is 34.3. The van der Waals surface area contributed by atoms with Crippen LogP contribution in [0.2, 0.25) is 0 Å². The molecule has 0 aliphatic carbocycles. The van der Waals surface area contributed by atoms with E-state index < -0.39 is 30.1 Å². The quantitative estimate of drug-likeness (QED) is 0.442. The zero-order chi connectivity index (χ0) is 16.8. The van der Waals surface area contributed by atoms with Crippen LogP contribution in [0.4, 0.5) is 4.79 Å². The second kappa shape index (κ2) is 7.97. The minimum atomic E-state index is -0.712. The van der Waals surface area contributed by atoms with Gasteiger partial charge in [-0.25, -0.2) is 9.59 Å². The van der Waals surface area contributed by atoms with E-state index in [-0.39, 0.29) is 0 Å². The monoisotopic (exact) mass is 420 g/mol. The Morgan fingerprint density at radius 3 is 2.55 bits per heavy atom. The predicted octanol–water partition coefficient (Wildman–Crippen LogP) is 2.06. The number of furan rings is 1. The molecule has 1 heterocycles. The molecule has 0 fully saturated rings. The Balaban J connectivity index is 2.33. The summed E-state index contributed by atoms with van der Waals surface area (Å²) < 4.78 is 10.6. The fraction of sp³-hybridized carbons (Fsp3) is 0.357. The van der Waals surface area contributed by atoms with Crippen molar-refractivity contribution in [1.29, 1.82) is 0 Å². The number of ether oxygens (including phenoxy) is 1. The van der Waals surface area contributed by atoms with E-state index in [4.69, 9.17) is 9.15 Å². The van der Waals surface area contributed by atoms with Gasteiger partial charge in [-0.2, -0.15) is 0 Å². The summed E-state index contributed by atoms with van der Waals surface area (Å²) in [6, 6.07) is 2.79. The van der Waals surface area contributed by atoms with E-state index in [0.29, 0.717) is 9.53 Å². The van der Waals surface area contributed by atoms with Gasteiger partial charge >= 0.3 is 12.0 Å². The van der Waals surface area contributed by atoms with Gasteiger partial charge in [-0.1, -0.05) is 0 Å². The van der Waals surface area contributed by atoms with Gasteiger partial charge in [0, 0.05) is 11.6 Å². The predicted molar refractivity (Wildman–Crippen MR) is 87.8 cm³/mol. The molecule has 0 atom stereocenters. The smallest absolute Gasteiger partial charge is 0.331 e. The van der Waals surface area contributed by atoms with Gasteiger partial charge in [0.15, 0.2) is 10.4 Å². The van der Waals surface area contributed by atoms with Gasteiger partial charge in [-0.15, -0.1) is 0 Å². The lowest BCUT2D eigenvalue weighted by Gasteiger charge is -2.20. The first kappa shape index (κ1) is 18.2. The largest absolute Gasteiger partial charge is 0.452 e. The zero-order valence-corrected chi connectivity index (χ0v) is 14.6. The van der Waals surface area contributed by atoms with Gasteiger partial charge in [-0.05, 0) is 61.6 Å². The Hall–Kier alpha value is -1.84. The van der Waals surface area contributed by atoms with Gasteiger partial charge in [0.1, 0.15) is 5.76 Å². The molecule has 0 unspecified atom stereocenters. The number of carbonyl (C=O) groups excluding carboxylic acids is 3. The molecule has 22 heavy (non-hydrogen) atoms. The van der Waals surface area contributed by atoms with Crippen LogP contribution in [0.3, 0.4) is 0 Å². The van der Waals surface area contributed by atoms with Crippen LogP contribution < -0.4 is 10.6 Å². The van der Waals surface area contributed by atoms with Crippen LogP contribution >= 0.6 is 22.6 Å². The van der Waals surface area contributed by atoms with Gasteiger partial charge in [0.25, 0.3) is 5.91 Å². The maximum Gasteiger partial charge on any atom is 0.331 e. The average Bonchev–Trinajstić information content (AvgIpc) is 2.77. The van der Waals surface area contributed by atoms with Gasteiger partial charge < -0.3 is 14.5 Å². The molecule has 1 rings (SSSR count). The molecule has 0 saturated carbocycles. The number of esters is 1. The summed E-state index contributed by atoms with van der Waals surface area (Å²) in [6.45, 7) is 4.78. The van der Waals surface area contributed by atoms with Crippen molar-refractivity contribution in [2.24, 2.45) is 0 Å². The third-order valence-corrected chi connectivity index (χ3v) is 2.64. The van der Waals surface area contributed by atoms with Gasteiger partial charge in [-0.3, -0.25) is 10.1 Å². The molecule has 0 spiro atoms. The SMILES string of the molecule is CC(C)(C)NC(=O)NC(=O)COC(=O)/C=C/c1ccc(I)o1. The number of hydrogen-bond acceptors (Lipinski definition) is 5. The second-order valence-corrected chi connectivity index (χ2v) is 6.40. The third kappa shape index (κ3) is 7.81. The van der Waals surface area contributed by atoms with E-state index in [1.165, 1.54) is 6.08 Å². The molecule has 0 bridgehead atoms. The Labute approximate surface area is 141 Å². The van der Waals surface area contributed by atoms with Crippen molar-refractivity contribution in [3.8, 4) is 0 Å². The minimum Gasteiger partial charge on any atom is -0.452 e. The van der Waals surface area contributed by atoms with Crippen LogP contribution in [0.1, 0.15) is 26.5 Å². The topological polar surface area (TPSA) is 97.6 Å². The maximum absolute atomic E-state index is 11.4. The zero-order valence-electron chi connectivity index (χ0n) is 12.4. The van der Waals surface area contributed by atoms with Crippen LogP contribution in [0, 0.1) is 3.77 Å². The van der Waals surface area contributed by atoms with Gasteiger partial charge in [0.05, 0.1) is 0 Å². The number of rotatable bonds is 4. The first-order valence-electron chi connectivity index (χ1n) is 6.38. The highest BCUT2D eigenvalue weighted by atomic mass is 127. The Morgan fingerprint density at radius 2 is 2.00 bits per heavy atom. The molecule has 1 aromatic heterocycles. The summed E-state index contributed by atoms with van der Waals surface area (Å²) in [6.07, 6.45) is 2.56. The van der Waals surface area contributed by atoms with E-state index in [0.717, 1.165) is 6.08 Å². The molecule has 1 aromatic rings. The highest BCUT2D eigenvalue weighted by molar-refractivity contribution is 14.1. The lowest BCUT2D eigenvalue weighted by molar-refractivity contribution is -0.143. The van der Waals surface area contributed by atoms with Gasteiger partial charge in [0.2, 0.25) is 0 Å². The lowest BCUT2D eigenvalue weighted by atomic mass is 10.1. The maximum atomic E-state index is 11.4. The standard InChI is InChI=1S/C14H17IN2O5/c1-14(2,3)17-13(20)16-11(18)8-21-12(19)7-5-9-4-6-10(15)22-9/h4-7H,8H2,1-3H3,(H2,16,17,18,20)/b7-5+. The number of carbonyl (C=O) groups is 3. The Morgan fingerprint density at radius 1 is 1.32 bits per heavy atom. The van der Waals surface area contributed by atoms with E-state index in [9.17, 15) is 14.4 Å². The lowest BCUT2D eigenvalue weighted by Crippen LogP contribution is -2.49. The summed E-state index contributed by atoms with van der Waals surface area (Å²) in [5, 5.41) is 4.61. The van der Waals surface area contributed by atoms with Crippen molar-refractivity contribution in [3.05, 3.63) is 27.7 Å². The first-order valence-corrected chi connectivity index (χ1v) is 7.46. The number of hydrogen-bond donors (Lipinski definition) is 2. The van der Waals surface area contributed by atoms with Crippen molar-refractivity contribution in [2.45, 2.75) is 26.3 Å². The van der Waals surface area contributed by atoms with Crippen LogP contribution in [-0.4, -0.2) is 30.1 Å². The molecule has 0 aromatic carbocycles. The molecule has 120 valence electrons. The Bertz CT molecular complexity index is 586. The molecule has 8 heteroatoms. The van der Waals surface area contributed by atoms with Crippen LogP contribution in [0.25, 0.3) is 6.08 Å². The van der Waals surface area contributed by atoms with Crippen LogP contribution in [-0.2, 0) is 14.3 Å². The van der Waals surface area contributed by atoms with Crippen molar-refractivity contribution in [1.82, 2.24) is 10.6 Å². The van der Waals surface area contributed by atoms with Crippen molar-refractivity contribution < 1.29 is 23.5 Å². The number of halogens is 1. The number of imide groups is 1. The molecular formula is C14H17IN2O5. The molecule has 0 aliphatic heterocycles. The normalized spacial score (nSPS) is 11.3. The van der Waals surface area contributed by atoms with Crippen molar-refractivity contribution >= 4 is 46.6 Å². The second-order valence-electron chi connectivity index (χ2n) is 5.34.